The molecule has 0 spiro atoms. The molecule has 6 heteroatoms. The smallest absolute Gasteiger partial charge is 0.262 e. The van der Waals surface area contributed by atoms with Crippen molar-refractivity contribution in [3.05, 3.63) is 22.1 Å². The third-order valence-corrected chi connectivity index (χ3v) is 1.75. The zero-order valence-corrected chi connectivity index (χ0v) is 6.59. The number of rotatable bonds is 1. The van der Waals surface area contributed by atoms with Crippen molar-refractivity contribution in [2.24, 2.45) is 0 Å². The van der Waals surface area contributed by atoms with E-state index in [2.05, 4.69) is 15.0 Å². The first-order valence-electron chi connectivity index (χ1n) is 3.59. The summed E-state index contributed by atoms with van der Waals surface area (Å²) in [6, 6.07) is 0. The third-order valence-electron chi connectivity index (χ3n) is 1.75. The van der Waals surface area contributed by atoms with Crippen molar-refractivity contribution in [2.45, 2.75) is 0 Å². The van der Waals surface area contributed by atoms with Crippen molar-refractivity contribution < 1.29 is 0 Å². The predicted molar refractivity (Wildman–Crippen MR) is 49.0 cm³/mol. The van der Waals surface area contributed by atoms with Gasteiger partial charge in [-0.05, 0) is 0 Å². The predicted octanol–water partition coefficient (Wildman–Crippen LogP) is -0.169. The van der Waals surface area contributed by atoms with Crippen LogP contribution in [0, 0.1) is 5.41 Å². The maximum Gasteiger partial charge on any atom is 0.262 e. The van der Waals surface area contributed by atoms with Gasteiger partial charge in [-0.25, -0.2) is 0 Å². The van der Waals surface area contributed by atoms with E-state index in [1.165, 1.54) is 0 Å². The molecule has 0 aromatic carbocycles. The molecule has 0 radical (unpaired) electrons. The lowest BCUT2D eigenvalue weighted by atomic mass is 10.2. The molecule has 0 atom stereocenters. The molecule has 2 aromatic rings. The SMILES string of the molecule is N=Cc1c[nH]c2nc(N)[nH]c(=O)c12. The van der Waals surface area contributed by atoms with E-state index in [0.29, 0.717) is 16.6 Å². The Morgan fingerprint density at radius 2 is 2.38 bits per heavy atom. The van der Waals surface area contributed by atoms with Gasteiger partial charge in [0.05, 0.1) is 5.39 Å². The van der Waals surface area contributed by atoms with Gasteiger partial charge >= 0.3 is 0 Å². The summed E-state index contributed by atoms with van der Waals surface area (Å²) < 4.78 is 0. The Bertz CT molecular complexity index is 523. The van der Waals surface area contributed by atoms with E-state index >= 15 is 0 Å². The summed E-state index contributed by atoms with van der Waals surface area (Å²) in [5, 5.41) is 7.40. The van der Waals surface area contributed by atoms with Gasteiger partial charge in [0.15, 0.2) is 0 Å². The van der Waals surface area contributed by atoms with Crippen molar-refractivity contribution >= 4 is 23.2 Å². The fourth-order valence-electron chi connectivity index (χ4n) is 1.20. The van der Waals surface area contributed by atoms with Gasteiger partial charge in [0, 0.05) is 18.0 Å². The number of hydrogen-bond donors (Lipinski definition) is 4. The Morgan fingerprint density at radius 1 is 1.62 bits per heavy atom. The largest absolute Gasteiger partial charge is 0.369 e. The number of aromatic nitrogens is 3. The normalized spacial score (nSPS) is 10.5. The standard InChI is InChI=1S/C7H7N5O/c8-1-3-2-10-5-4(3)6(13)12-7(9)11-5/h1-2,8H,(H4,9,10,11,12,13). The second kappa shape index (κ2) is 2.44. The zero-order chi connectivity index (χ0) is 9.42. The third kappa shape index (κ3) is 0.994. The molecule has 0 unspecified atom stereocenters. The van der Waals surface area contributed by atoms with Crippen molar-refractivity contribution in [3.8, 4) is 0 Å². The van der Waals surface area contributed by atoms with Gasteiger partial charge in [-0.3, -0.25) is 9.78 Å². The molecule has 0 bridgehead atoms. The quantitative estimate of drug-likeness (QED) is 0.453. The molecule has 2 heterocycles. The number of nitrogens with zero attached hydrogens (tertiary/aromatic N) is 1. The first kappa shape index (κ1) is 7.53. The van der Waals surface area contributed by atoms with E-state index in [1.807, 2.05) is 0 Å². The molecular weight excluding hydrogens is 170 g/mol. The summed E-state index contributed by atoms with van der Waals surface area (Å²) >= 11 is 0. The highest BCUT2D eigenvalue weighted by atomic mass is 16.1. The number of aromatic amines is 2. The molecule has 66 valence electrons. The van der Waals surface area contributed by atoms with Crippen LogP contribution in [0.2, 0.25) is 0 Å². The van der Waals surface area contributed by atoms with Gasteiger partial charge in [-0.1, -0.05) is 0 Å². The second-order valence-corrected chi connectivity index (χ2v) is 2.56. The van der Waals surface area contributed by atoms with Crippen molar-refractivity contribution in [1.82, 2.24) is 15.0 Å². The first-order chi connectivity index (χ1) is 6.22. The van der Waals surface area contributed by atoms with Gasteiger partial charge in [0.2, 0.25) is 5.95 Å². The van der Waals surface area contributed by atoms with E-state index in [9.17, 15) is 4.79 Å². The zero-order valence-electron chi connectivity index (χ0n) is 6.59. The second-order valence-electron chi connectivity index (χ2n) is 2.56. The molecule has 0 aliphatic carbocycles. The van der Waals surface area contributed by atoms with E-state index in [1.54, 1.807) is 6.20 Å². The van der Waals surface area contributed by atoms with Crippen molar-refractivity contribution in [1.29, 1.82) is 5.41 Å². The highest BCUT2D eigenvalue weighted by Gasteiger charge is 2.07. The Hall–Kier alpha value is -2.11. The molecule has 0 fully saturated rings. The Labute approximate surface area is 72.3 Å². The minimum absolute atomic E-state index is 0.0656. The van der Waals surface area contributed by atoms with Gasteiger partial charge in [-0.15, -0.1) is 0 Å². The highest BCUT2D eigenvalue weighted by Crippen LogP contribution is 2.09. The lowest BCUT2D eigenvalue weighted by Gasteiger charge is -1.92. The molecule has 2 rings (SSSR count). The highest BCUT2D eigenvalue weighted by molar-refractivity contribution is 5.96. The molecular formula is C7H7N5O. The number of anilines is 1. The molecule has 5 N–H and O–H groups in total. The summed E-state index contributed by atoms with van der Waals surface area (Å²) in [6.07, 6.45) is 2.63. The van der Waals surface area contributed by atoms with Crippen LogP contribution in [0.5, 0.6) is 0 Å². The van der Waals surface area contributed by atoms with Crippen LogP contribution in [-0.4, -0.2) is 21.2 Å². The van der Waals surface area contributed by atoms with Crippen LogP contribution in [0.4, 0.5) is 5.95 Å². The maximum absolute atomic E-state index is 11.3. The summed E-state index contributed by atoms with van der Waals surface area (Å²) in [5.41, 5.74) is 5.91. The molecule has 0 aliphatic rings. The van der Waals surface area contributed by atoms with Gasteiger partial charge < -0.3 is 16.1 Å². The molecule has 6 nitrogen and oxygen atoms in total. The Balaban J connectivity index is 2.98. The van der Waals surface area contributed by atoms with Crippen LogP contribution in [-0.2, 0) is 0 Å². The van der Waals surface area contributed by atoms with Crippen LogP contribution in [0.1, 0.15) is 5.56 Å². The average molecular weight is 177 g/mol. The van der Waals surface area contributed by atoms with Crippen LogP contribution in [0.3, 0.4) is 0 Å². The molecule has 13 heavy (non-hydrogen) atoms. The molecule has 0 saturated carbocycles. The average Bonchev–Trinajstić information content (AvgIpc) is 2.47. The Kier molecular flexibility index (Phi) is 1.42. The Morgan fingerprint density at radius 3 is 3.08 bits per heavy atom. The number of fused-ring (bicyclic) bond motifs is 1. The molecule has 2 aromatic heterocycles. The van der Waals surface area contributed by atoms with E-state index < -0.39 is 0 Å². The monoisotopic (exact) mass is 177 g/mol. The number of nitrogens with two attached hydrogens (primary N) is 1. The fraction of sp³-hybridized carbons (Fsp3) is 0. The van der Waals surface area contributed by atoms with Crippen LogP contribution in [0.25, 0.3) is 11.0 Å². The lowest BCUT2D eigenvalue weighted by Crippen LogP contribution is -2.11. The minimum Gasteiger partial charge on any atom is -0.369 e. The van der Waals surface area contributed by atoms with Crippen molar-refractivity contribution in [2.75, 3.05) is 5.73 Å². The van der Waals surface area contributed by atoms with Gasteiger partial charge in [0.25, 0.3) is 5.56 Å². The summed E-state index contributed by atoms with van der Waals surface area (Å²) in [6.45, 7) is 0. The first-order valence-corrected chi connectivity index (χ1v) is 3.59. The van der Waals surface area contributed by atoms with E-state index in [4.69, 9.17) is 11.1 Å². The molecule has 0 amide bonds. The van der Waals surface area contributed by atoms with Crippen LogP contribution < -0.4 is 11.3 Å². The number of H-pyrrole nitrogens is 2. The summed E-state index contributed by atoms with van der Waals surface area (Å²) in [4.78, 5) is 20.3. The fourth-order valence-corrected chi connectivity index (χ4v) is 1.20. The maximum atomic E-state index is 11.3. The lowest BCUT2D eigenvalue weighted by molar-refractivity contribution is 1.17. The number of nitrogen functional groups attached to an aromatic ring is 1. The molecule has 0 saturated heterocycles. The minimum atomic E-state index is -0.331. The van der Waals surface area contributed by atoms with Gasteiger partial charge in [0.1, 0.15) is 5.65 Å². The number of hydrogen-bond acceptors (Lipinski definition) is 4. The summed E-state index contributed by atoms with van der Waals surface area (Å²) in [7, 11) is 0. The van der Waals surface area contributed by atoms with Crippen LogP contribution >= 0.6 is 0 Å². The number of nitrogens with one attached hydrogen (secondary N) is 3. The van der Waals surface area contributed by atoms with Crippen molar-refractivity contribution in [3.63, 3.8) is 0 Å². The van der Waals surface area contributed by atoms with Gasteiger partial charge in [-0.2, -0.15) is 4.98 Å². The topological polar surface area (TPSA) is 111 Å². The van der Waals surface area contributed by atoms with E-state index in [0.717, 1.165) is 6.21 Å². The molecule has 0 aliphatic heterocycles. The van der Waals surface area contributed by atoms with Crippen LogP contribution in [0.15, 0.2) is 11.0 Å². The van der Waals surface area contributed by atoms with E-state index in [-0.39, 0.29) is 11.5 Å². The summed E-state index contributed by atoms with van der Waals surface area (Å²) in [5.74, 6) is 0.0656.